The van der Waals surface area contributed by atoms with E-state index in [1.807, 2.05) is 0 Å². The van der Waals surface area contributed by atoms with E-state index >= 15 is 0 Å². The Kier molecular flexibility index (Phi) is 5.24. The Bertz CT molecular complexity index is 23.0. The maximum atomic E-state index is 8.49. The summed E-state index contributed by atoms with van der Waals surface area (Å²) in [6, 6.07) is 0. The second-order valence-corrected chi connectivity index (χ2v) is 1.13. The first-order chi connectivity index (χ1) is 2.00. The molecule has 0 atom stereocenters. The van der Waals surface area contributed by atoms with Crippen LogP contribution >= 0.6 is 0 Å². The van der Waals surface area contributed by atoms with Gasteiger partial charge < -0.3 is 0 Å². The average Bonchev–Trinajstić information content (AvgIpc) is 0.722. The predicted octanol–water partition coefficient (Wildman–Crippen LogP) is -5.14. The van der Waals surface area contributed by atoms with Gasteiger partial charge in [-0.05, 0) is 0 Å². The molecule has 6 heavy (non-hydrogen) atoms. The van der Waals surface area contributed by atoms with Crippen LogP contribution in [0.25, 0.3) is 0 Å². The van der Waals surface area contributed by atoms with Crippen LogP contribution in [-0.2, 0) is 0 Å². The molecule has 0 aromatic heterocycles. The number of halogens is 1. The van der Waals surface area contributed by atoms with Crippen LogP contribution in [-0.4, -0.2) is 27.3 Å². The van der Waals surface area contributed by atoms with Crippen LogP contribution in [0, 0.1) is 10.2 Å². The third-order valence-corrected chi connectivity index (χ3v) is 0. The summed E-state index contributed by atoms with van der Waals surface area (Å²) < 4.78 is 34.0. The van der Waals surface area contributed by atoms with E-state index in [0.29, 0.717) is 0 Å². The van der Waals surface area contributed by atoms with E-state index in [-0.39, 0.29) is 27.3 Å². The number of rotatable bonds is 0. The second-order valence-electron chi connectivity index (χ2n) is 0.378. The van der Waals surface area contributed by atoms with Gasteiger partial charge in [0.1, 0.15) is 0 Å². The molecule has 0 saturated heterocycles. The van der Waals surface area contributed by atoms with Crippen LogP contribution in [0.1, 0.15) is 0 Å². The van der Waals surface area contributed by atoms with E-state index in [4.69, 9.17) is 18.6 Å². The molecule has 0 spiro atoms. The molecule has 0 unspecified atom stereocenters. The molecule has 0 rings (SSSR count). The SMILES string of the molecule is [O-][Cl+3]([O-])([O-])[O-].[Pb+2]. The van der Waals surface area contributed by atoms with Crippen LogP contribution in [0.4, 0.5) is 0 Å². The first kappa shape index (κ1) is 10.1. The van der Waals surface area contributed by atoms with Gasteiger partial charge in [0.15, 0.2) is 0 Å². The Morgan fingerprint density at radius 3 is 0.833 bits per heavy atom. The monoisotopic (exact) mass is 307 g/mol. The van der Waals surface area contributed by atoms with Crippen LogP contribution < -0.4 is 18.6 Å². The summed E-state index contributed by atoms with van der Waals surface area (Å²) in [5.74, 6) is 0. The normalized spacial score (nSPS) is 10.0. The molecule has 0 aromatic carbocycles. The standard InChI is InChI=1S/ClHO4.Pb/c2-1(3,4)5;/h(H,2,3,4,5);/q;+2/p-1. The first-order valence-electron chi connectivity index (χ1n) is 0.617. The fourth-order valence-electron chi connectivity index (χ4n) is 0. The van der Waals surface area contributed by atoms with E-state index in [0.717, 1.165) is 0 Å². The average molecular weight is 307 g/mol. The van der Waals surface area contributed by atoms with E-state index in [1.54, 1.807) is 0 Å². The van der Waals surface area contributed by atoms with Crippen molar-refractivity contribution >= 4 is 27.3 Å². The molecule has 4 nitrogen and oxygen atoms in total. The Morgan fingerprint density at radius 1 is 0.833 bits per heavy atom. The minimum absolute atomic E-state index is 0. The van der Waals surface area contributed by atoms with Crippen molar-refractivity contribution < 1.29 is 28.9 Å². The van der Waals surface area contributed by atoms with E-state index in [9.17, 15) is 0 Å². The second kappa shape index (κ2) is 3.11. The summed E-state index contributed by atoms with van der Waals surface area (Å²) in [4.78, 5) is 0. The van der Waals surface area contributed by atoms with Crippen molar-refractivity contribution in [2.24, 2.45) is 0 Å². The third kappa shape index (κ3) is 74.9. The molecule has 2 radical (unpaired) electrons. The Labute approximate surface area is 56.3 Å². The van der Waals surface area contributed by atoms with Crippen molar-refractivity contribution in [1.82, 2.24) is 0 Å². The zero-order chi connectivity index (χ0) is 4.50. The molecule has 0 aliphatic carbocycles. The van der Waals surface area contributed by atoms with Gasteiger partial charge in [-0.25, -0.2) is 18.6 Å². The Morgan fingerprint density at radius 2 is 0.833 bits per heavy atom. The van der Waals surface area contributed by atoms with Gasteiger partial charge in [-0.15, -0.1) is 10.2 Å². The van der Waals surface area contributed by atoms with Gasteiger partial charge in [0.25, 0.3) is 0 Å². The largest absolute Gasteiger partial charge is 2.00 e. The van der Waals surface area contributed by atoms with Crippen molar-refractivity contribution in [2.75, 3.05) is 0 Å². The van der Waals surface area contributed by atoms with Crippen molar-refractivity contribution in [1.29, 1.82) is 0 Å². The van der Waals surface area contributed by atoms with Crippen molar-refractivity contribution in [2.45, 2.75) is 0 Å². The summed E-state index contributed by atoms with van der Waals surface area (Å²) in [7, 11) is -4.94. The molecule has 0 amide bonds. The molecule has 34 valence electrons. The minimum Gasteiger partial charge on any atom is -0.222 e. The molecule has 0 bridgehead atoms. The molecule has 0 aromatic rings. The summed E-state index contributed by atoms with van der Waals surface area (Å²) in [5.41, 5.74) is 0. The van der Waals surface area contributed by atoms with Crippen molar-refractivity contribution in [3.8, 4) is 0 Å². The fraction of sp³-hybridized carbons (Fsp3) is 0. The Balaban J connectivity index is 0. The number of hydrogen-bond donors (Lipinski definition) is 0. The smallest absolute Gasteiger partial charge is 0.222 e. The molecule has 0 aliphatic heterocycles. The number of hydrogen-bond acceptors (Lipinski definition) is 4. The topological polar surface area (TPSA) is 92.2 Å². The van der Waals surface area contributed by atoms with Gasteiger partial charge in [0, 0.05) is 0 Å². The summed E-state index contributed by atoms with van der Waals surface area (Å²) in [5, 5.41) is 0. The predicted molar refractivity (Wildman–Crippen MR) is 5.75 cm³/mol. The molecule has 0 fully saturated rings. The fourth-order valence-corrected chi connectivity index (χ4v) is 0. The van der Waals surface area contributed by atoms with Gasteiger partial charge >= 0.3 is 27.3 Å². The maximum absolute atomic E-state index is 8.49. The van der Waals surface area contributed by atoms with Crippen LogP contribution in [0.15, 0.2) is 0 Å². The van der Waals surface area contributed by atoms with Gasteiger partial charge in [-0.2, -0.15) is 0 Å². The first-order valence-corrected chi connectivity index (χ1v) is 1.85. The maximum Gasteiger partial charge on any atom is 2.00 e. The van der Waals surface area contributed by atoms with E-state index < -0.39 is 10.2 Å². The molecule has 0 N–H and O–H groups in total. The molecule has 0 heterocycles. The van der Waals surface area contributed by atoms with Gasteiger partial charge in [-0.3, -0.25) is 0 Å². The summed E-state index contributed by atoms with van der Waals surface area (Å²) >= 11 is 0. The van der Waals surface area contributed by atoms with Crippen LogP contribution in [0.3, 0.4) is 0 Å². The van der Waals surface area contributed by atoms with Gasteiger partial charge in [0.2, 0.25) is 0 Å². The zero-order valence-electron chi connectivity index (χ0n) is 2.51. The minimum atomic E-state index is -4.94. The summed E-state index contributed by atoms with van der Waals surface area (Å²) in [6.45, 7) is 0. The molecule has 6 heteroatoms. The van der Waals surface area contributed by atoms with Crippen LogP contribution in [0.2, 0.25) is 0 Å². The summed E-state index contributed by atoms with van der Waals surface area (Å²) in [6.07, 6.45) is 0. The van der Waals surface area contributed by atoms with Crippen molar-refractivity contribution in [3.63, 3.8) is 0 Å². The van der Waals surface area contributed by atoms with E-state index in [1.165, 1.54) is 0 Å². The Hall–Kier alpha value is 1.05. The van der Waals surface area contributed by atoms with E-state index in [2.05, 4.69) is 0 Å². The quantitative estimate of drug-likeness (QED) is 0.418. The molecular formula is ClO4Pb+. The zero-order valence-corrected chi connectivity index (χ0v) is 7.15. The van der Waals surface area contributed by atoms with Gasteiger partial charge in [-0.1, -0.05) is 0 Å². The third-order valence-electron chi connectivity index (χ3n) is 0. The molecule has 0 saturated carbocycles. The molecular weight excluding hydrogens is 307 g/mol. The molecule has 0 aliphatic rings. The van der Waals surface area contributed by atoms with Gasteiger partial charge in [0.05, 0.1) is 0 Å². The van der Waals surface area contributed by atoms with Crippen LogP contribution in [0.5, 0.6) is 0 Å². The van der Waals surface area contributed by atoms with Crippen molar-refractivity contribution in [3.05, 3.63) is 0 Å².